The van der Waals surface area contributed by atoms with Gasteiger partial charge in [0.25, 0.3) is 0 Å². The van der Waals surface area contributed by atoms with E-state index in [0.29, 0.717) is 10.7 Å². The molecule has 0 atom stereocenters. The lowest BCUT2D eigenvalue weighted by Crippen LogP contribution is -2.33. The van der Waals surface area contributed by atoms with Gasteiger partial charge in [-0.05, 0) is 25.1 Å². The molecule has 1 amide bonds. The van der Waals surface area contributed by atoms with E-state index in [9.17, 15) is 13.2 Å². The highest BCUT2D eigenvalue weighted by atomic mass is 35.5. The molecule has 0 aromatic heterocycles. The molecule has 8 heteroatoms. The first-order valence-electron chi connectivity index (χ1n) is 5.06. The van der Waals surface area contributed by atoms with E-state index in [4.69, 9.17) is 23.2 Å². The molecule has 0 saturated heterocycles. The third-order valence-electron chi connectivity index (χ3n) is 2.04. The molecule has 0 fully saturated rings. The van der Waals surface area contributed by atoms with Gasteiger partial charge in [0.05, 0.1) is 23.0 Å². The Balaban J connectivity index is 2.60. The van der Waals surface area contributed by atoms with Gasteiger partial charge in [-0.3, -0.25) is 4.79 Å². The van der Waals surface area contributed by atoms with Crippen LogP contribution in [0.2, 0.25) is 10.0 Å². The molecule has 18 heavy (non-hydrogen) atoms. The third-order valence-corrected chi connectivity index (χ3v) is 3.93. The van der Waals surface area contributed by atoms with Crippen LogP contribution in [0, 0.1) is 0 Å². The van der Waals surface area contributed by atoms with E-state index in [2.05, 4.69) is 10.0 Å². The second kappa shape index (κ2) is 6.38. The molecule has 0 aliphatic heterocycles. The van der Waals surface area contributed by atoms with E-state index in [1.165, 1.54) is 19.1 Å². The molecule has 0 aliphatic rings. The lowest BCUT2D eigenvalue weighted by molar-refractivity contribution is -0.115. The van der Waals surface area contributed by atoms with Crippen molar-refractivity contribution < 1.29 is 13.2 Å². The summed E-state index contributed by atoms with van der Waals surface area (Å²) in [6, 6.07) is 4.59. The van der Waals surface area contributed by atoms with Crippen molar-refractivity contribution in [1.29, 1.82) is 0 Å². The zero-order valence-corrected chi connectivity index (χ0v) is 11.9. The molecule has 0 bridgehead atoms. The van der Waals surface area contributed by atoms with Gasteiger partial charge in [0.15, 0.2) is 0 Å². The van der Waals surface area contributed by atoms with Crippen molar-refractivity contribution in [3.05, 3.63) is 28.2 Å². The molecule has 0 saturated carbocycles. The molecular formula is C10H12Cl2N2O3S. The van der Waals surface area contributed by atoms with Gasteiger partial charge in [-0.25, -0.2) is 13.1 Å². The SMILES string of the molecule is CCS(=O)(=O)NCC(=O)Nc1ccc(Cl)cc1Cl. The fraction of sp³-hybridized carbons (Fsp3) is 0.300. The van der Waals surface area contributed by atoms with Crippen LogP contribution in [0.15, 0.2) is 18.2 Å². The first kappa shape index (κ1) is 15.2. The lowest BCUT2D eigenvalue weighted by atomic mass is 10.3. The number of carbonyl (C=O) groups is 1. The van der Waals surface area contributed by atoms with Gasteiger partial charge in [0, 0.05) is 5.02 Å². The molecular weight excluding hydrogens is 299 g/mol. The molecule has 0 spiro atoms. The molecule has 100 valence electrons. The Bertz CT molecular complexity index is 546. The summed E-state index contributed by atoms with van der Waals surface area (Å²) in [5.74, 6) is -0.585. The van der Waals surface area contributed by atoms with Gasteiger partial charge in [0.2, 0.25) is 15.9 Å². The number of hydrogen-bond acceptors (Lipinski definition) is 3. The topological polar surface area (TPSA) is 75.3 Å². The summed E-state index contributed by atoms with van der Waals surface area (Å²) >= 11 is 11.6. The molecule has 1 aromatic rings. The molecule has 0 unspecified atom stereocenters. The summed E-state index contributed by atoms with van der Waals surface area (Å²) < 4.78 is 24.4. The van der Waals surface area contributed by atoms with E-state index in [1.807, 2.05) is 0 Å². The summed E-state index contributed by atoms with van der Waals surface area (Å²) in [5, 5.41) is 3.21. The monoisotopic (exact) mass is 310 g/mol. The zero-order chi connectivity index (χ0) is 13.8. The first-order chi connectivity index (χ1) is 8.34. The maximum atomic E-state index is 11.5. The summed E-state index contributed by atoms with van der Waals surface area (Å²) in [4.78, 5) is 11.5. The number of benzene rings is 1. The van der Waals surface area contributed by atoms with Crippen LogP contribution in [0.5, 0.6) is 0 Å². The predicted octanol–water partition coefficient (Wildman–Crippen LogP) is 1.87. The van der Waals surface area contributed by atoms with Crippen LogP contribution in [0.25, 0.3) is 0 Å². The van der Waals surface area contributed by atoms with Crippen LogP contribution in [0.4, 0.5) is 5.69 Å². The second-order valence-corrected chi connectivity index (χ2v) is 6.34. The molecule has 5 nitrogen and oxygen atoms in total. The van der Waals surface area contributed by atoms with Gasteiger partial charge in [-0.1, -0.05) is 23.2 Å². The van der Waals surface area contributed by atoms with Crippen LogP contribution in [-0.2, 0) is 14.8 Å². The number of amides is 1. The smallest absolute Gasteiger partial charge is 0.239 e. The van der Waals surface area contributed by atoms with E-state index in [1.54, 1.807) is 6.07 Å². The Morgan fingerprint density at radius 1 is 1.33 bits per heavy atom. The second-order valence-electron chi connectivity index (χ2n) is 3.40. The van der Waals surface area contributed by atoms with Crippen molar-refractivity contribution in [3.8, 4) is 0 Å². The highest BCUT2D eigenvalue weighted by molar-refractivity contribution is 7.89. The average molecular weight is 311 g/mol. The lowest BCUT2D eigenvalue weighted by Gasteiger charge is -2.08. The summed E-state index contributed by atoms with van der Waals surface area (Å²) in [7, 11) is -3.39. The number of halogens is 2. The maximum absolute atomic E-state index is 11.5. The van der Waals surface area contributed by atoms with E-state index in [0.717, 1.165) is 0 Å². The van der Waals surface area contributed by atoms with Crippen molar-refractivity contribution in [3.63, 3.8) is 0 Å². The fourth-order valence-corrected chi connectivity index (χ4v) is 2.07. The van der Waals surface area contributed by atoms with E-state index >= 15 is 0 Å². The normalized spacial score (nSPS) is 11.3. The number of rotatable bonds is 5. The molecule has 1 rings (SSSR count). The first-order valence-corrected chi connectivity index (χ1v) is 7.47. The Kier molecular flexibility index (Phi) is 5.40. The average Bonchev–Trinajstić information content (AvgIpc) is 2.30. The Morgan fingerprint density at radius 2 is 2.00 bits per heavy atom. The van der Waals surface area contributed by atoms with E-state index < -0.39 is 15.9 Å². The van der Waals surface area contributed by atoms with Gasteiger partial charge < -0.3 is 5.32 Å². The van der Waals surface area contributed by atoms with Crippen molar-refractivity contribution in [2.24, 2.45) is 0 Å². The van der Waals surface area contributed by atoms with E-state index in [-0.39, 0.29) is 17.3 Å². The fourth-order valence-electron chi connectivity index (χ4n) is 1.06. The van der Waals surface area contributed by atoms with Crippen LogP contribution in [0.1, 0.15) is 6.92 Å². The minimum absolute atomic E-state index is 0.0814. The predicted molar refractivity (Wildman–Crippen MR) is 72.6 cm³/mol. The maximum Gasteiger partial charge on any atom is 0.239 e. The Labute approximate surface area is 116 Å². The molecule has 0 radical (unpaired) electrons. The number of anilines is 1. The molecule has 1 aromatic carbocycles. The Morgan fingerprint density at radius 3 is 2.56 bits per heavy atom. The highest BCUT2D eigenvalue weighted by Crippen LogP contribution is 2.25. The number of sulfonamides is 1. The standard InChI is InChI=1S/C10H12Cl2N2O3S/c1-2-18(16,17)13-6-10(15)14-9-4-3-7(11)5-8(9)12/h3-5,13H,2,6H2,1H3,(H,14,15). The van der Waals surface area contributed by atoms with Crippen molar-refractivity contribution in [2.45, 2.75) is 6.92 Å². The van der Waals surface area contributed by atoms with Crippen molar-refractivity contribution >= 4 is 44.8 Å². The van der Waals surface area contributed by atoms with Gasteiger partial charge in [0.1, 0.15) is 0 Å². The van der Waals surface area contributed by atoms with Crippen LogP contribution in [0.3, 0.4) is 0 Å². The zero-order valence-electron chi connectivity index (χ0n) is 9.54. The minimum Gasteiger partial charge on any atom is -0.324 e. The van der Waals surface area contributed by atoms with Crippen molar-refractivity contribution in [1.82, 2.24) is 4.72 Å². The van der Waals surface area contributed by atoms with Crippen LogP contribution in [-0.4, -0.2) is 26.6 Å². The number of nitrogens with one attached hydrogen (secondary N) is 2. The minimum atomic E-state index is -3.39. The Hall–Kier alpha value is -0.820. The molecule has 0 aliphatic carbocycles. The van der Waals surface area contributed by atoms with Crippen molar-refractivity contribution in [2.75, 3.05) is 17.6 Å². The number of hydrogen-bond donors (Lipinski definition) is 2. The van der Waals surface area contributed by atoms with Gasteiger partial charge in [-0.15, -0.1) is 0 Å². The summed E-state index contributed by atoms with van der Waals surface area (Å²) in [6.45, 7) is 1.14. The van der Waals surface area contributed by atoms with Crippen LogP contribution < -0.4 is 10.0 Å². The van der Waals surface area contributed by atoms with Crippen LogP contribution >= 0.6 is 23.2 Å². The van der Waals surface area contributed by atoms with Gasteiger partial charge in [-0.2, -0.15) is 0 Å². The molecule has 2 N–H and O–H groups in total. The third kappa shape index (κ3) is 4.81. The summed E-state index contributed by atoms with van der Waals surface area (Å²) in [5.41, 5.74) is 0.377. The summed E-state index contributed by atoms with van der Waals surface area (Å²) in [6.07, 6.45) is 0. The van der Waals surface area contributed by atoms with Gasteiger partial charge >= 0.3 is 0 Å². The molecule has 0 heterocycles. The largest absolute Gasteiger partial charge is 0.324 e. The quantitative estimate of drug-likeness (QED) is 0.871. The number of carbonyl (C=O) groups excluding carboxylic acids is 1. The highest BCUT2D eigenvalue weighted by Gasteiger charge is 2.11.